The fraction of sp³-hybridized carbons (Fsp3) is 0.421. The SMILES string of the molecule is CC(C)c1cc(Oc2c(Cl)cc(NC(=O)OC(C)(C)C)cc2Cl)nn(C)c1=O. The summed E-state index contributed by atoms with van der Waals surface area (Å²) in [5, 5.41) is 6.98. The normalized spacial score (nSPS) is 11.5. The second kappa shape index (κ2) is 8.41. The molecule has 0 radical (unpaired) electrons. The van der Waals surface area contributed by atoms with Gasteiger partial charge < -0.3 is 9.47 Å². The number of aromatic nitrogens is 2. The topological polar surface area (TPSA) is 82.4 Å². The van der Waals surface area contributed by atoms with Crippen molar-refractivity contribution < 1.29 is 14.3 Å². The highest BCUT2D eigenvalue weighted by Crippen LogP contribution is 2.38. The average molecular weight is 428 g/mol. The van der Waals surface area contributed by atoms with Crippen molar-refractivity contribution >= 4 is 35.0 Å². The van der Waals surface area contributed by atoms with Gasteiger partial charge in [0.1, 0.15) is 5.60 Å². The lowest BCUT2D eigenvalue weighted by atomic mass is 10.1. The molecule has 2 rings (SSSR count). The Hall–Kier alpha value is -2.25. The molecule has 152 valence electrons. The van der Waals surface area contributed by atoms with Crippen LogP contribution in [0.15, 0.2) is 23.0 Å². The molecule has 0 unspecified atom stereocenters. The Kier molecular flexibility index (Phi) is 6.62. The molecule has 1 amide bonds. The van der Waals surface area contributed by atoms with Crippen LogP contribution in [-0.4, -0.2) is 21.5 Å². The van der Waals surface area contributed by atoms with Crippen molar-refractivity contribution in [2.24, 2.45) is 7.05 Å². The van der Waals surface area contributed by atoms with Crippen LogP contribution in [0.2, 0.25) is 10.0 Å². The summed E-state index contributed by atoms with van der Waals surface area (Å²) in [6.45, 7) is 9.08. The Morgan fingerprint density at radius 2 is 1.75 bits per heavy atom. The van der Waals surface area contributed by atoms with Gasteiger partial charge in [-0.1, -0.05) is 37.0 Å². The number of benzene rings is 1. The van der Waals surface area contributed by atoms with E-state index in [0.717, 1.165) is 0 Å². The minimum Gasteiger partial charge on any atom is -0.444 e. The molecule has 0 aliphatic heterocycles. The minimum absolute atomic E-state index is 0.00426. The first kappa shape index (κ1) is 22.0. The van der Waals surface area contributed by atoms with Crippen molar-refractivity contribution in [1.82, 2.24) is 9.78 Å². The number of ether oxygens (including phenoxy) is 2. The number of nitrogens with zero attached hydrogens (tertiary/aromatic N) is 2. The monoisotopic (exact) mass is 427 g/mol. The number of hydrogen-bond acceptors (Lipinski definition) is 5. The van der Waals surface area contributed by atoms with Gasteiger partial charge in [0.15, 0.2) is 5.75 Å². The Bertz CT molecular complexity index is 926. The first-order valence-electron chi connectivity index (χ1n) is 8.62. The molecular weight excluding hydrogens is 405 g/mol. The Morgan fingerprint density at radius 3 is 2.25 bits per heavy atom. The molecule has 1 heterocycles. The highest BCUT2D eigenvalue weighted by molar-refractivity contribution is 6.37. The van der Waals surface area contributed by atoms with Crippen LogP contribution in [0.25, 0.3) is 0 Å². The fourth-order valence-electron chi connectivity index (χ4n) is 2.32. The minimum atomic E-state index is -0.635. The van der Waals surface area contributed by atoms with Crippen molar-refractivity contribution in [2.75, 3.05) is 5.32 Å². The molecule has 1 aromatic carbocycles. The highest BCUT2D eigenvalue weighted by atomic mass is 35.5. The molecule has 0 saturated carbocycles. The van der Waals surface area contributed by atoms with Gasteiger partial charge in [-0.2, -0.15) is 0 Å². The lowest BCUT2D eigenvalue weighted by Crippen LogP contribution is -2.27. The molecule has 0 atom stereocenters. The van der Waals surface area contributed by atoms with Gasteiger partial charge in [0, 0.05) is 24.4 Å². The van der Waals surface area contributed by atoms with E-state index in [0.29, 0.717) is 11.3 Å². The number of halogens is 2. The van der Waals surface area contributed by atoms with Crippen LogP contribution in [0.3, 0.4) is 0 Å². The van der Waals surface area contributed by atoms with E-state index in [1.54, 1.807) is 26.8 Å². The van der Waals surface area contributed by atoms with Crippen LogP contribution < -0.4 is 15.6 Å². The summed E-state index contributed by atoms with van der Waals surface area (Å²) in [5.41, 5.74) is 0.0799. The predicted octanol–water partition coefficient (Wildman–Crippen LogP) is 5.35. The highest BCUT2D eigenvalue weighted by Gasteiger charge is 2.19. The van der Waals surface area contributed by atoms with Crippen LogP contribution in [0.1, 0.15) is 46.1 Å². The quantitative estimate of drug-likeness (QED) is 0.710. The molecule has 2 aromatic rings. The zero-order valence-electron chi connectivity index (χ0n) is 16.6. The largest absolute Gasteiger partial charge is 0.444 e. The van der Waals surface area contributed by atoms with E-state index in [9.17, 15) is 9.59 Å². The second-order valence-electron chi connectivity index (χ2n) is 7.52. The third-order valence-electron chi connectivity index (χ3n) is 3.54. The van der Waals surface area contributed by atoms with Crippen molar-refractivity contribution in [3.8, 4) is 11.6 Å². The van der Waals surface area contributed by atoms with Crippen LogP contribution in [0, 0.1) is 0 Å². The summed E-state index contributed by atoms with van der Waals surface area (Å²) in [6, 6.07) is 4.53. The van der Waals surface area contributed by atoms with Crippen LogP contribution in [0.5, 0.6) is 11.6 Å². The first-order valence-corrected chi connectivity index (χ1v) is 9.38. The van der Waals surface area contributed by atoms with Crippen molar-refractivity contribution in [1.29, 1.82) is 0 Å². The van der Waals surface area contributed by atoms with Gasteiger partial charge in [0.25, 0.3) is 5.56 Å². The van der Waals surface area contributed by atoms with Gasteiger partial charge in [-0.25, -0.2) is 9.48 Å². The molecule has 0 aliphatic carbocycles. The zero-order valence-corrected chi connectivity index (χ0v) is 18.1. The Labute approximate surface area is 173 Å². The van der Waals surface area contributed by atoms with Crippen molar-refractivity contribution in [3.63, 3.8) is 0 Å². The Morgan fingerprint density at radius 1 is 1.18 bits per heavy atom. The molecule has 7 nitrogen and oxygen atoms in total. The number of carbonyl (C=O) groups excluding carboxylic acids is 1. The summed E-state index contributed by atoms with van der Waals surface area (Å²) in [7, 11) is 1.54. The lowest BCUT2D eigenvalue weighted by molar-refractivity contribution is 0.0636. The van der Waals surface area contributed by atoms with Gasteiger partial charge >= 0.3 is 6.09 Å². The summed E-state index contributed by atoms with van der Waals surface area (Å²) in [5.74, 6) is 0.344. The molecular formula is C19H23Cl2N3O4. The van der Waals surface area contributed by atoms with Gasteiger partial charge in [0.2, 0.25) is 5.88 Å². The van der Waals surface area contributed by atoms with E-state index >= 15 is 0 Å². The van der Waals surface area contributed by atoms with E-state index in [1.807, 2.05) is 13.8 Å². The number of aryl methyl sites for hydroxylation is 1. The van der Waals surface area contributed by atoms with Gasteiger partial charge in [-0.3, -0.25) is 10.1 Å². The number of anilines is 1. The number of carbonyl (C=O) groups is 1. The summed E-state index contributed by atoms with van der Waals surface area (Å²) >= 11 is 12.6. The molecule has 0 saturated heterocycles. The van der Waals surface area contributed by atoms with E-state index in [4.69, 9.17) is 32.7 Å². The van der Waals surface area contributed by atoms with Crippen LogP contribution in [0.4, 0.5) is 10.5 Å². The molecule has 0 fully saturated rings. The standard InChI is InChI=1S/C19H23Cl2N3O4/c1-10(2)12-9-15(23-24(6)17(12)25)27-16-13(20)7-11(8-14(16)21)22-18(26)28-19(3,4)5/h7-10H,1-6H3,(H,22,26). The van der Waals surface area contributed by atoms with E-state index < -0.39 is 11.7 Å². The van der Waals surface area contributed by atoms with E-state index in [1.165, 1.54) is 23.9 Å². The maximum atomic E-state index is 12.1. The van der Waals surface area contributed by atoms with E-state index in [2.05, 4.69) is 10.4 Å². The maximum Gasteiger partial charge on any atom is 0.412 e. The molecule has 0 spiro atoms. The predicted molar refractivity (Wildman–Crippen MR) is 110 cm³/mol. The third kappa shape index (κ3) is 5.62. The molecule has 0 bridgehead atoms. The first-order chi connectivity index (χ1) is 12.9. The molecule has 0 aliphatic rings. The summed E-state index contributed by atoms with van der Waals surface area (Å²) < 4.78 is 12.1. The number of nitrogens with one attached hydrogen (secondary N) is 1. The smallest absolute Gasteiger partial charge is 0.412 e. The zero-order chi connectivity index (χ0) is 21.2. The fourth-order valence-corrected chi connectivity index (χ4v) is 2.89. The van der Waals surface area contributed by atoms with Gasteiger partial charge in [-0.05, 0) is 38.8 Å². The maximum absolute atomic E-state index is 12.1. The van der Waals surface area contributed by atoms with Gasteiger partial charge in [-0.15, -0.1) is 5.10 Å². The lowest BCUT2D eigenvalue weighted by Gasteiger charge is -2.20. The summed E-state index contributed by atoms with van der Waals surface area (Å²) in [6.07, 6.45) is -0.630. The number of hydrogen-bond donors (Lipinski definition) is 1. The average Bonchev–Trinajstić information content (AvgIpc) is 2.51. The number of rotatable bonds is 4. The molecule has 9 heteroatoms. The summed E-state index contributed by atoms with van der Waals surface area (Å²) in [4.78, 5) is 24.0. The molecule has 28 heavy (non-hydrogen) atoms. The number of amides is 1. The molecule has 1 aromatic heterocycles. The van der Waals surface area contributed by atoms with Crippen molar-refractivity contribution in [2.45, 2.75) is 46.1 Å². The van der Waals surface area contributed by atoms with Crippen LogP contribution in [-0.2, 0) is 11.8 Å². The van der Waals surface area contributed by atoms with Crippen molar-refractivity contribution in [3.05, 3.63) is 44.2 Å². The third-order valence-corrected chi connectivity index (χ3v) is 4.10. The van der Waals surface area contributed by atoms with Crippen LogP contribution >= 0.6 is 23.2 Å². The Balaban J connectivity index is 2.29. The van der Waals surface area contributed by atoms with Gasteiger partial charge in [0.05, 0.1) is 10.0 Å². The van der Waals surface area contributed by atoms with E-state index in [-0.39, 0.29) is 33.2 Å². The molecule has 1 N–H and O–H groups in total. The second-order valence-corrected chi connectivity index (χ2v) is 8.33.